The van der Waals surface area contributed by atoms with Crippen LogP contribution in [0.25, 0.3) is 10.8 Å². The van der Waals surface area contributed by atoms with Crippen LogP contribution in [0.15, 0.2) is 71.8 Å². The molecule has 0 aliphatic rings. The van der Waals surface area contributed by atoms with Crippen LogP contribution in [0.4, 0.5) is 0 Å². The highest BCUT2D eigenvalue weighted by molar-refractivity contribution is 6.30. The Morgan fingerprint density at radius 1 is 1.08 bits per heavy atom. The average Bonchev–Trinajstić information content (AvgIpc) is 2.63. The third-order valence-corrected chi connectivity index (χ3v) is 3.93. The molecule has 126 valence electrons. The van der Waals surface area contributed by atoms with Crippen molar-refractivity contribution in [1.29, 1.82) is 0 Å². The molecule has 0 aliphatic heterocycles. The minimum absolute atomic E-state index is 0.321. The van der Waals surface area contributed by atoms with Crippen molar-refractivity contribution >= 4 is 34.5 Å². The molecule has 1 atom stereocenters. The Balaban J connectivity index is 1.63. The van der Waals surface area contributed by atoms with Gasteiger partial charge in [0.05, 0.1) is 6.21 Å². The van der Waals surface area contributed by atoms with Gasteiger partial charge in [-0.05, 0) is 36.1 Å². The number of hydrogen-bond acceptors (Lipinski definition) is 3. The molecule has 0 fully saturated rings. The molecule has 3 rings (SSSR count). The fourth-order valence-corrected chi connectivity index (χ4v) is 2.48. The maximum Gasteiger partial charge on any atom is 0.280 e. The summed E-state index contributed by atoms with van der Waals surface area (Å²) in [5.74, 6) is 0.348. The molecule has 1 amide bonds. The number of halogens is 1. The molecule has 1 unspecified atom stereocenters. The summed E-state index contributed by atoms with van der Waals surface area (Å²) in [6.07, 6.45) is 0.881. The van der Waals surface area contributed by atoms with Gasteiger partial charge in [-0.15, -0.1) is 0 Å². The number of carbonyl (C=O) groups excluding carboxylic acids is 1. The van der Waals surface area contributed by atoms with E-state index in [-0.39, 0.29) is 5.91 Å². The van der Waals surface area contributed by atoms with Gasteiger partial charge >= 0.3 is 0 Å². The molecule has 5 heteroatoms. The van der Waals surface area contributed by atoms with E-state index in [1.165, 1.54) is 0 Å². The Hall–Kier alpha value is -2.85. The molecule has 0 bridgehead atoms. The van der Waals surface area contributed by atoms with Crippen LogP contribution in [-0.4, -0.2) is 18.2 Å². The first-order valence-electron chi connectivity index (χ1n) is 7.86. The summed E-state index contributed by atoms with van der Waals surface area (Å²) >= 11 is 5.83. The lowest BCUT2D eigenvalue weighted by molar-refractivity contribution is -0.127. The summed E-state index contributed by atoms with van der Waals surface area (Å²) in [4.78, 5) is 12.2. The zero-order valence-electron chi connectivity index (χ0n) is 13.6. The molecule has 3 aromatic rings. The van der Waals surface area contributed by atoms with E-state index < -0.39 is 6.10 Å². The van der Waals surface area contributed by atoms with Gasteiger partial charge in [-0.25, -0.2) is 5.43 Å². The highest BCUT2D eigenvalue weighted by Crippen LogP contribution is 2.26. The van der Waals surface area contributed by atoms with Gasteiger partial charge in [-0.3, -0.25) is 4.79 Å². The molecule has 1 N–H and O–H groups in total. The molecule has 0 heterocycles. The molecule has 25 heavy (non-hydrogen) atoms. The van der Waals surface area contributed by atoms with E-state index in [1.807, 2.05) is 54.6 Å². The second-order valence-electron chi connectivity index (χ2n) is 5.52. The molecule has 3 aromatic carbocycles. The Morgan fingerprint density at radius 3 is 2.60 bits per heavy atom. The van der Waals surface area contributed by atoms with Crippen molar-refractivity contribution in [3.05, 3.63) is 77.3 Å². The van der Waals surface area contributed by atoms with Crippen LogP contribution in [-0.2, 0) is 4.79 Å². The van der Waals surface area contributed by atoms with Crippen molar-refractivity contribution in [1.82, 2.24) is 5.43 Å². The standard InChI is InChI=1S/C20H17ClN2O2/c1-14(20(24)23-22-13-15-9-11-17(21)12-10-15)25-19-8-4-6-16-5-2-3-7-18(16)19/h2-14H,1H3,(H,23,24)/b22-13+. The van der Waals surface area contributed by atoms with E-state index in [0.29, 0.717) is 10.8 Å². The van der Waals surface area contributed by atoms with E-state index >= 15 is 0 Å². The van der Waals surface area contributed by atoms with E-state index in [0.717, 1.165) is 16.3 Å². The fourth-order valence-electron chi connectivity index (χ4n) is 2.35. The summed E-state index contributed by atoms with van der Waals surface area (Å²) < 4.78 is 5.80. The van der Waals surface area contributed by atoms with E-state index in [1.54, 1.807) is 25.3 Å². The van der Waals surface area contributed by atoms with Crippen molar-refractivity contribution < 1.29 is 9.53 Å². The molecule has 4 nitrogen and oxygen atoms in total. The summed E-state index contributed by atoms with van der Waals surface area (Å²) in [6.45, 7) is 1.69. The second kappa shape index (κ2) is 7.81. The molecule has 0 saturated heterocycles. The third-order valence-electron chi connectivity index (χ3n) is 3.68. The number of benzene rings is 3. The molecule has 0 aliphatic carbocycles. The predicted octanol–water partition coefficient (Wildman–Crippen LogP) is 4.41. The quantitative estimate of drug-likeness (QED) is 0.546. The van der Waals surface area contributed by atoms with E-state index in [9.17, 15) is 4.79 Å². The van der Waals surface area contributed by atoms with Gasteiger partial charge in [-0.2, -0.15) is 5.10 Å². The van der Waals surface area contributed by atoms with Gasteiger partial charge in [-0.1, -0.05) is 60.1 Å². The number of hydrazone groups is 1. The molecule has 0 radical (unpaired) electrons. The van der Waals surface area contributed by atoms with Crippen LogP contribution in [0, 0.1) is 0 Å². The first-order valence-corrected chi connectivity index (χ1v) is 8.24. The fraction of sp³-hybridized carbons (Fsp3) is 0.100. The summed E-state index contributed by atoms with van der Waals surface area (Å²) in [7, 11) is 0. The Bertz CT molecular complexity index is 902. The van der Waals surface area contributed by atoms with Crippen molar-refractivity contribution in [3.8, 4) is 5.75 Å². The topological polar surface area (TPSA) is 50.7 Å². The minimum Gasteiger partial charge on any atom is -0.480 e. The smallest absolute Gasteiger partial charge is 0.280 e. The lowest BCUT2D eigenvalue weighted by atomic mass is 10.1. The second-order valence-corrected chi connectivity index (χ2v) is 5.96. The Morgan fingerprint density at radius 2 is 1.80 bits per heavy atom. The third kappa shape index (κ3) is 4.37. The number of rotatable bonds is 5. The number of nitrogens with one attached hydrogen (secondary N) is 1. The van der Waals surface area contributed by atoms with E-state index in [2.05, 4.69) is 10.5 Å². The molecular weight excluding hydrogens is 336 g/mol. The Labute approximate surface area is 151 Å². The minimum atomic E-state index is -0.673. The summed E-state index contributed by atoms with van der Waals surface area (Å²) in [5, 5.41) is 6.63. The molecule has 0 spiro atoms. The largest absolute Gasteiger partial charge is 0.480 e. The van der Waals surface area contributed by atoms with Crippen LogP contribution in [0.5, 0.6) is 5.75 Å². The van der Waals surface area contributed by atoms with Gasteiger partial charge in [0, 0.05) is 10.4 Å². The molecule has 0 saturated carbocycles. The maximum absolute atomic E-state index is 12.2. The van der Waals surface area contributed by atoms with Crippen molar-refractivity contribution in [3.63, 3.8) is 0 Å². The normalized spacial score (nSPS) is 12.2. The van der Waals surface area contributed by atoms with Crippen LogP contribution in [0.3, 0.4) is 0 Å². The predicted molar refractivity (Wildman–Crippen MR) is 101 cm³/mol. The Kier molecular flexibility index (Phi) is 5.31. The zero-order chi connectivity index (χ0) is 17.6. The highest BCUT2D eigenvalue weighted by Gasteiger charge is 2.15. The van der Waals surface area contributed by atoms with Gasteiger partial charge in [0.1, 0.15) is 5.75 Å². The van der Waals surface area contributed by atoms with Crippen LogP contribution in [0.2, 0.25) is 5.02 Å². The first-order chi connectivity index (χ1) is 12.1. The number of nitrogens with zero attached hydrogens (tertiary/aromatic N) is 1. The lowest BCUT2D eigenvalue weighted by Gasteiger charge is -2.14. The lowest BCUT2D eigenvalue weighted by Crippen LogP contribution is -2.33. The molecule has 0 aromatic heterocycles. The van der Waals surface area contributed by atoms with E-state index in [4.69, 9.17) is 16.3 Å². The summed E-state index contributed by atoms with van der Waals surface area (Å²) in [5.41, 5.74) is 3.33. The maximum atomic E-state index is 12.2. The monoisotopic (exact) mass is 352 g/mol. The average molecular weight is 353 g/mol. The number of carbonyl (C=O) groups is 1. The summed E-state index contributed by atoms with van der Waals surface area (Å²) in [6, 6.07) is 20.8. The van der Waals surface area contributed by atoms with Crippen molar-refractivity contribution in [2.75, 3.05) is 0 Å². The number of ether oxygens (including phenoxy) is 1. The van der Waals surface area contributed by atoms with Gasteiger partial charge in [0.15, 0.2) is 6.10 Å². The van der Waals surface area contributed by atoms with Crippen LogP contribution >= 0.6 is 11.6 Å². The number of amides is 1. The van der Waals surface area contributed by atoms with Crippen LogP contribution in [0.1, 0.15) is 12.5 Å². The van der Waals surface area contributed by atoms with Gasteiger partial charge in [0.2, 0.25) is 0 Å². The first kappa shape index (κ1) is 17.0. The SMILES string of the molecule is CC(Oc1cccc2ccccc12)C(=O)N/N=C/c1ccc(Cl)cc1. The molecular formula is C20H17ClN2O2. The number of fused-ring (bicyclic) bond motifs is 1. The number of hydrogen-bond donors (Lipinski definition) is 1. The zero-order valence-corrected chi connectivity index (χ0v) is 14.4. The van der Waals surface area contributed by atoms with Crippen molar-refractivity contribution in [2.45, 2.75) is 13.0 Å². The van der Waals surface area contributed by atoms with Crippen molar-refractivity contribution in [2.24, 2.45) is 5.10 Å². The highest BCUT2D eigenvalue weighted by atomic mass is 35.5. The van der Waals surface area contributed by atoms with Gasteiger partial charge < -0.3 is 4.74 Å². The van der Waals surface area contributed by atoms with Gasteiger partial charge in [0.25, 0.3) is 5.91 Å². The van der Waals surface area contributed by atoms with Crippen LogP contribution < -0.4 is 10.2 Å².